The number of nitrogens with zero attached hydrogens (tertiary/aromatic N) is 3. The number of nitrogens with one attached hydrogen (secondary N) is 2. The number of hydrogen-bond donors (Lipinski definition) is 2. The molecule has 1 rings (SSSR count). The summed E-state index contributed by atoms with van der Waals surface area (Å²) in [6.45, 7) is 5.45. The first-order valence-corrected chi connectivity index (χ1v) is 5.99. The van der Waals surface area contributed by atoms with E-state index < -0.39 is 0 Å². The van der Waals surface area contributed by atoms with E-state index >= 15 is 0 Å². The van der Waals surface area contributed by atoms with Crippen LogP contribution < -0.4 is 15.4 Å². The fourth-order valence-corrected chi connectivity index (χ4v) is 1.34. The smallest absolute Gasteiger partial charge is 0.322 e. The monoisotopic (exact) mass is 255 g/mol. The summed E-state index contributed by atoms with van der Waals surface area (Å²) in [5.41, 5.74) is 0. The molecule has 1 heterocycles. The molecule has 0 bridgehead atoms. The second-order valence-electron chi connectivity index (χ2n) is 3.83. The van der Waals surface area contributed by atoms with Gasteiger partial charge in [0.25, 0.3) is 0 Å². The lowest BCUT2D eigenvalue weighted by Crippen LogP contribution is -2.20. The lowest BCUT2D eigenvalue weighted by Gasteiger charge is -2.14. The van der Waals surface area contributed by atoms with E-state index in [0.29, 0.717) is 24.5 Å². The summed E-state index contributed by atoms with van der Waals surface area (Å²) in [5, 5.41) is 6.22. The topological polar surface area (TPSA) is 81.2 Å². The molecule has 1 atom stereocenters. The van der Waals surface area contributed by atoms with Crippen molar-refractivity contribution < 1.29 is 9.47 Å². The quantitative estimate of drug-likeness (QED) is 0.721. The molecule has 2 N–H and O–H groups in total. The largest absolute Gasteiger partial charge is 0.467 e. The molecule has 0 aliphatic carbocycles. The maximum Gasteiger partial charge on any atom is 0.322 e. The first-order valence-electron chi connectivity index (χ1n) is 5.99. The molecule has 0 radical (unpaired) electrons. The Labute approximate surface area is 107 Å². The van der Waals surface area contributed by atoms with Crippen LogP contribution in [0.1, 0.15) is 20.3 Å². The molecular weight excluding hydrogens is 234 g/mol. The predicted octanol–water partition coefficient (Wildman–Crippen LogP) is 1.15. The summed E-state index contributed by atoms with van der Waals surface area (Å²) in [6, 6.07) is 0.508. The van der Waals surface area contributed by atoms with Crippen LogP contribution in [0.25, 0.3) is 0 Å². The van der Waals surface area contributed by atoms with Crippen LogP contribution in [0, 0.1) is 0 Å². The Morgan fingerprint density at radius 1 is 1.17 bits per heavy atom. The van der Waals surface area contributed by atoms with Gasteiger partial charge in [0.2, 0.25) is 11.9 Å². The highest BCUT2D eigenvalue weighted by Gasteiger charge is 2.08. The van der Waals surface area contributed by atoms with Crippen molar-refractivity contribution in [2.24, 2.45) is 0 Å². The van der Waals surface area contributed by atoms with Gasteiger partial charge in [0.15, 0.2) is 0 Å². The van der Waals surface area contributed by atoms with Gasteiger partial charge in [0.1, 0.15) is 0 Å². The molecular formula is C11H21N5O2. The lowest BCUT2D eigenvalue weighted by molar-refractivity contribution is 0.191. The van der Waals surface area contributed by atoms with Gasteiger partial charge in [-0.25, -0.2) is 0 Å². The third-order valence-electron chi connectivity index (χ3n) is 2.26. The summed E-state index contributed by atoms with van der Waals surface area (Å²) < 4.78 is 10.1. The van der Waals surface area contributed by atoms with E-state index in [2.05, 4.69) is 25.6 Å². The molecule has 7 nitrogen and oxygen atoms in total. The predicted molar refractivity (Wildman–Crippen MR) is 70.1 cm³/mol. The molecule has 0 saturated carbocycles. The molecule has 1 unspecified atom stereocenters. The number of aromatic nitrogens is 3. The number of hydrogen-bond acceptors (Lipinski definition) is 7. The van der Waals surface area contributed by atoms with Gasteiger partial charge >= 0.3 is 6.01 Å². The van der Waals surface area contributed by atoms with E-state index in [9.17, 15) is 0 Å². The molecule has 0 spiro atoms. The van der Waals surface area contributed by atoms with E-state index in [-0.39, 0.29) is 6.04 Å². The molecule has 0 aromatic carbocycles. The minimum absolute atomic E-state index is 0.214. The summed E-state index contributed by atoms with van der Waals surface area (Å²) in [7, 11) is 3.21. The van der Waals surface area contributed by atoms with Crippen molar-refractivity contribution in [3.05, 3.63) is 0 Å². The van der Waals surface area contributed by atoms with Crippen LogP contribution in [0.15, 0.2) is 0 Å². The van der Waals surface area contributed by atoms with Gasteiger partial charge in [-0.05, 0) is 20.3 Å². The van der Waals surface area contributed by atoms with Crippen LogP contribution in [0.3, 0.4) is 0 Å². The standard InChI is InChI=1S/C11H21N5O2/c1-5-12-9-14-10(16-11(15-9)18-4)13-8(2)6-7-17-3/h8H,5-7H2,1-4H3,(H2,12,13,14,15,16). The van der Waals surface area contributed by atoms with Crippen LogP contribution in [0.5, 0.6) is 6.01 Å². The van der Waals surface area contributed by atoms with Crippen LogP contribution in [0.2, 0.25) is 0 Å². The third kappa shape index (κ3) is 4.70. The summed E-state index contributed by atoms with van der Waals surface area (Å²) in [6.07, 6.45) is 0.876. The summed E-state index contributed by atoms with van der Waals surface area (Å²) >= 11 is 0. The SMILES string of the molecule is CCNc1nc(NC(C)CCOC)nc(OC)n1. The van der Waals surface area contributed by atoms with Crippen molar-refractivity contribution in [3.8, 4) is 6.01 Å². The van der Waals surface area contributed by atoms with Crippen molar-refractivity contribution in [1.82, 2.24) is 15.0 Å². The van der Waals surface area contributed by atoms with Crippen molar-refractivity contribution >= 4 is 11.9 Å². The molecule has 1 aromatic heterocycles. The fourth-order valence-electron chi connectivity index (χ4n) is 1.34. The highest BCUT2D eigenvalue weighted by Crippen LogP contribution is 2.12. The Morgan fingerprint density at radius 2 is 1.89 bits per heavy atom. The maximum absolute atomic E-state index is 5.04. The molecule has 0 saturated heterocycles. The van der Waals surface area contributed by atoms with Gasteiger partial charge in [-0.2, -0.15) is 15.0 Å². The van der Waals surface area contributed by atoms with Crippen LogP contribution in [-0.2, 0) is 4.74 Å². The highest BCUT2D eigenvalue weighted by atomic mass is 16.5. The minimum Gasteiger partial charge on any atom is -0.467 e. The zero-order chi connectivity index (χ0) is 13.4. The van der Waals surface area contributed by atoms with Gasteiger partial charge < -0.3 is 20.1 Å². The molecule has 1 aromatic rings. The molecule has 18 heavy (non-hydrogen) atoms. The van der Waals surface area contributed by atoms with E-state index in [4.69, 9.17) is 9.47 Å². The van der Waals surface area contributed by atoms with Crippen molar-refractivity contribution in [1.29, 1.82) is 0 Å². The number of methoxy groups -OCH3 is 2. The Balaban J connectivity index is 2.71. The Bertz CT molecular complexity index is 361. The highest BCUT2D eigenvalue weighted by molar-refractivity contribution is 5.36. The van der Waals surface area contributed by atoms with Gasteiger partial charge in [-0.1, -0.05) is 0 Å². The lowest BCUT2D eigenvalue weighted by atomic mass is 10.2. The second-order valence-corrected chi connectivity index (χ2v) is 3.83. The zero-order valence-electron chi connectivity index (χ0n) is 11.4. The first kappa shape index (κ1) is 14.4. The molecule has 0 amide bonds. The van der Waals surface area contributed by atoms with E-state index in [1.165, 1.54) is 7.11 Å². The Morgan fingerprint density at radius 3 is 2.50 bits per heavy atom. The normalized spacial score (nSPS) is 12.0. The zero-order valence-corrected chi connectivity index (χ0v) is 11.4. The second kappa shape index (κ2) is 7.65. The molecule has 0 aliphatic rings. The van der Waals surface area contributed by atoms with Gasteiger partial charge in [-0.3, -0.25) is 0 Å². The Hall–Kier alpha value is -1.63. The Kier molecular flexibility index (Phi) is 6.13. The van der Waals surface area contributed by atoms with Crippen molar-refractivity contribution in [2.45, 2.75) is 26.3 Å². The summed E-state index contributed by atoms with van der Waals surface area (Å²) in [5.74, 6) is 1.01. The van der Waals surface area contributed by atoms with E-state index in [1.807, 2.05) is 13.8 Å². The fraction of sp³-hybridized carbons (Fsp3) is 0.727. The van der Waals surface area contributed by atoms with Crippen LogP contribution >= 0.6 is 0 Å². The molecule has 0 aliphatic heterocycles. The summed E-state index contributed by atoms with van der Waals surface area (Å²) in [4.78, 5) is 12.5. The first-order chi connectivity index (χ1) is 8.69. The minimum atomic E-state index is 0.214. The van der Waals surface area contributed by atoms with Gasteiger partial charge in [0.05, 0.1) is 7.11 Å². The van der Waals surface area contributed by atoms with Crippen LogP contribution in [0.4, 0.5) is 11.9 Å². The third-order valence-corrected chi connectivity index (χ3v) is 2.26. The number of anilines is 2. The average Bonchev–Trinajstić information content (AvgIpc) is 2.36. The molecule has 0 fully saturated rings. The van der Waals surface area contributed by atoms with Crippen molar-refractivity contribution in [3.63, 3.8) is 0 Å². The number of rotatable bonds is 8. The van der Waals surface area contributed by atoms with E-state index in [1.54, 1.807) is 7.11 Å². The van der Waals surface area contributed by atoms with Crippen molar-refractivity contribution in [2.75, 3.05) is 38.0 Å². The maximum atomic E-state index is 5.04. The van der Waals surface area contributed by atoms with E-state index in [0.717, 1.165) is 13.0 Å². The number of ether oxygens (including phenoxy) is 2. The van der Waals surface area contributed by atoms with Gasteiger partial charge in [0, 0.05) is 26.3 Å². The van der Waals surface area contributed by atoms with Gasteiger partial charge in [-0.15, -0.1) is 0 Å². The van der Waals surface area contributed by atoms with Crippen LogP contribution in [-0.4, -0.2) is 48.4 Å². The molecule has 7 heteroatoms. The average molecular weight is 255 g/mol. The molecule has 102 valence electrons.